The minimum Gasteiger partial charge on any atom is -0.477 e. The normalized spacial score (nSPS) is 11.9. The van der Waals surface area contributed by atoms with Crippen molar-refractivity contribution in [2.24, 2.45) is 0 Å². The van der Waals surface area contributed by atoms with Crippen molar-refractivity contribution in [3.8, 4) is 11.3 Å². The van der Waals surface area contributed by atoms with Gasteiger partial charge in [0.1, 0.15) is 10.4 Å². The quantitative estimate of drug-likeness (QED) is 0.266. The van der Waals surface area contributed by atoms with Crippen LogP contribution in [0.1, 0.15) is 5.56 Å². The molecule has 5 nitrogen and oxygen atoms in total. The van der Waals surface area contributed by atoms with Crippen LogP contribution in [0.5, 0.6) is 0 Å². The number of aromatic nitrogens is 2. The minimum absolute atomic E-state index is 0.128. The number of rotatable bonds is 5. The zero-order valence-electron chi connectivity index (χ0n) is 15.7. The molecule has 0 radical (unpaired) electrons. The van der Waals surface area contributed by atoms with Crippen LogP contribution in [0.4, 0.5) is 0 Å². The average Bonchev–Trinajstić information content (AvgIpc) is 3.35. The number of carboxylic acids is 1. The number of carbonyl (C=O) groups is 1. The molecule has 146 valence electrons. The van der Waals surface area contributed by atoms with Gasteiger partial charge in [-0.15, -0.1) is 0 Å². The minimum atomic E-state index is -1.04. The molecule has 0 amide bonds. The van der Waals surface area contributed by atoms with Gasteiger partial charge in [-0.2, -0.15) is 0 Å². The maximum absolute atomic E-state index is 12.1. The molecular weight excluding hydrogens is 396 g/mol. The van der Waals surface area contributed by atoms with E-state index >= 15 is 0 Å². The van der Waals surface area contributed by atoms with Gasteiger partial charge in [-0.3, -0.25) is 0 Å². The monoisotopic (exact) mass is 412 g/mol. The van der Waals surface area contributed by atoms with Gasteiger partial charge in [0, 0.05) is 16.5 Å². The Bertz CT molecular complexity index is 1370. The number of H-pyrrole nitrogens is 1. The standard InChI is InChI=1S/C24H16N2O3S/c27-23(28)21(30-24-26-19-12-6-7-13-20(19)29-24)14-17-16-10-4-5-11-18(16)25-22(17)15-8-2-1-3-9-15/h1-14,25H,(H,27,28)/b21-14-. The lowest BCUT2D eigenvalue weighted by atomic mass is 10.0. The van der Waals surface area contributed by atoms with Crippen molar-refractivity contribution in [3.05, 3.63) is 89.3 Å². The number of aliphatic carboxylic acids is 1. The van der Waals surface area contributed by atoms with Crippen LogP contribution in [0.2, 0.25) is 0 Å². The Labute approximate surface area is 176 Å². The molecule has 0 spiro atoms. The summed E-state index contributed by atoms with van der Waals surface area (Å²) in [5, 5.41) is 11.1. The van der Waals surface area contributed by atoms with Gasteiger partial charge in [-0.1, -0.05) is 60.7 Å². The van der Waals surface area contributed by atoms with E-state index < -0.39 is 5.97 Å². The Kier molecular flexibility index (Phi) is 4.61. The number of thioether (sulfide) groups is 1. The predicted molar refractivity (Wildman–Crippen MR) is 119 cm³/mol. The van der Waals surface area contributed by atoms with E-state index in [1.165, 1.54) is 0 Å². The highest BCUT2D eigenvalue weighted by molar-refractivity contribution is 8.03. The summed E-state index contributed by atoms with van der Waals surface area (Å²) in [5.41, 5.74) is 4.94. The lowest BCUT2D eigenvalue weighted by Gasteiger charge is -2.03. The Morgan fingerprint density at radius 2 is 1.70 bits per heavy atom. The second-order valence-electron chi connectivity index (χ2n) is 6.69. The van der Waals surface area contributed by atoms with Crippen molar-refractivity contribution < 1.29 is 14.3 Å². The van der Waals surface area contributed by atoms with E-state index in [1.54, 1.807) is 6.08 Å². The summed E-state index contributed by atoms with van der Waals surface area (Å²) in [6.45, 7) is 0. The maximum Gasteiger partial charge on any atom is 0.342 e. The fraction of sp³-hybridized carbons (Fsp3) is 0. The van der Waals surface area contributed by atoms with Crippen LogP contribution >= 0.6 is 11.8 Å². The van der Waals surface area contributed by atoms with Gasteiger partial charge in [-0.05, 0) is 41.6 Å². The molecule has 5 rings (SSSR count). The molecule has 0 aliphatic heterocycles. The highest BCUT2D eigenvalue weighted by atomic mass is 32.2. The number of hydrogen-bond donors (Lipinski definition) is 2. The van der Waals surface area contributed by atoms with Crippen LogP contribution in [0.15, 0.2) is 93.4 Å². The molecule has 0 aliphatic carbocycles. The van der Waals surface area contributed by atoms with Crippen LogP contribution in [0, 0.1) is 0 Å². The molecule has 0 fully saturated rings. The van der Waals surface area contributed by atoms with Gasteiger partial charge >= 0.3 is 5.97 Å². The van der Waals surface area contributed by atoms with Gasteiger partial charge in [0.05, 0.1) is 5.69 Å². The molecule has 2 N–H and O–H groups in total. The van der Waals surface area contributed by atoms with Crippen LogP contribution in [-0.4, -0.2) is 21.0 Å². The smallest absolute Gasteiger partial charge is 0.342 e. The third-order valence-corrected chi connectivity index (χ3v) is 5.63. The molecule has 0 saturated heterocycles. The molecule has 0 atom stereocenters. The molecule has 2 heterocycles. The molecule has 0 unspecified atom stereocenters. The number of nitrogens with zero attached hydrogens (tertiary/aromatic N) is 1. The molecule has 6 heteroatoms. The van der Waals surface area contributed by atoms with Crippen LogP contribution < -0.4 is 0 Å². The molecule has 0 bridgehead atoms. The van der Waals surface area contributed by atoms with E-state index in [1.807, 2.05) is 78.9 Å². The lowest BCUT2D eigenvalue weighted by Crippen LogP contribution is -1.97. The first kappa shape index (κ1) is 18.3. The second-order valence-corrected chi connectivity index (χ2v) is 7.68. The summed E-state index contributed by atoms with van der Waals surface area (Å²) in [4.78, 5) is 20.0. The number of aromatic amines is 1. The molecular formula is C24H16N2O3S. The van der Waals surface area contributed by atoms with Crippen molar-refractivity contribution >= 4 is 45.8 Å². The van der Waals surface area contributed by atoms with Crippen molar-refractivity contribution in [1.82, 2.24) is 9.97 Å². The largest absolute Gasteiger partial charge is 0.477 e. The molecule has 0 aliphatic rings. The van der Waals surface area contributed by atoms with Crippen molar-refractivity contribution in [1.29, 1.82) is 0 Å². The Morgan fingerprint density at radius 1 is 0.967 bits per heavy atom. The average molecular weight is 412 g/mol. The zero-order valence-corrected chi connectivity index (χ0v) is 16.5. The van der Waals surface area contributed by atoms with Gasteiger partial charge in [-0.25, -0.2) is 9.78 Å². The summed E-state index contributed by atoms with van der Waals surface area (Å²) in [6, 6.07) is 25.1. The van der Waals surface area contributed by atoms with Crippen molar-refractivity contribution in [2.75, 3.05) is 0 Å². The van der Waals surface area contributed by atoms with Crippen molar-refractivity contribution in [2.45, 2.75) is 5.22 Å². The van der Waals surface area contributed by atoms with E-state index in [0.717, 1.165) is 39.5 Å². The Morgan fingerprint density at radius 3 is 2.50 bits per heavy atom. The molecule has 30 heavy (non-hydrogen) atoms. The first-order valence-corrected chi connectivity index (χ1v) is 10.2. The fourth-order valence-corrected chi connectivity index (χ4v) is 4.13. The van der Waals surface area contributed by atoms with Crippen LogP contribution in [0.25, 0.3) is 39.3 Å². The Balaban J connectivity index is 1.64. The number of nitrogens with one attached hydrogen (secondary N) is 1. The van der Waals surface area contributed by atoms with E-state index in [9.17, 15) is 9.90 Å². The number of benzene rings is 3. The lowest BCUT2D eigenvalue weighted by molar-refractivity contribution is -0.131. The SMILES string of the molecule is O=C(O)/C(=C/c1c(-c2ccccc2)[nH]c2ccccc12)Sc1nc2ccccc2o1. The summed E-state index contributed by atoms with van der Waals surface area (Å²) >= 11 is 1.00. The first-order chi connectivity index (χ1) is 14.7. The van der Waals surface area contributed by atoms with Crippen LogP contribution in [-0.2, 0) is 4.79 Å². The number of para-hydroxylation sites is 3. The third kappa shape index (κ3) is 3.38. The second kappa shape index (κ2) is 7.57. The van der Waals surface area contributed by atoms with E-state index in [4.69, 9.17) is 4.42 Å². The van der Waals surface area contributed by atoms with Gasteiger partial charge < -0.3 is 14.5 Å². The van der Waals surface area contributed by atoms with Gasteiger partial charge in [0.15, 0.2) is 5.58 Å². The number of fused-ring (bicyclic) bond motifs is 2. The molecule has 0 saturated carbocycles. The van der Waals surface area contributed by atoms with E-state index in [0.29, 0.717) is 16.3 Å². The van der Waals surface area contributed by atoms with Crippen LogP contribution in [0.3, 0.4) is 0 Å². The summed E-state index contributed by atoms with van der Waals surface area (Å²) in [6.07, 6.45) is 1.68. The van der Waals surface area contributed by atoms with Crippen molar-refractivity contribution in [3.63, 3.8) is 0 Å². The highest BCUT2D eigenvalue weighted by Crippen LogP contribution is 2.36. The summed E-state index contributed by atoms with van der Waals surface area (Å²) in [7, 11) is 0. The van der Waals surface area contributed by atoms with Gasteiger partial charge in [0.25, 0.3) is 5.22 Å². The van der Waals surface area contributed by atoms with E-state index in [2.05, 4.69) is 9.97 Å². The highest BCUT2D eigenvalue weighted by Gasteiger charge is 2.18. The first-order valence-electron chi connectivity index (χ1n) is 9.33. The molecule has 2 aromatic heterocycles. The topological polar surface area (TPSA) is 79.1 Å². The zero-order chi connectivity index (χ0) is 20.5. The van der Waals surface area contributed by atoms with E-state index in [-0.39, 0.29) is 4.91 Å². The summed E-state index contributed by atoms with van der Waals surface area (Å²) < 4.78 is 5.71. The predicted octanol–water partition coefficient (Wildman–Crippen LogP) is 6.19. The third-order valence-electron chi connectivity index (χ3n) is 4.77. The number of oxazole rings is 1. The Hall–Kier alpha value is -3.77. The summed E-state index contributed by atoms with van der Waals surface area (Å²) in [5.74, 6) is -1.04. The number of carboxylic acid groups (broad SMARTS) is 1. The maximum atomic E-state index is 12.1. The number of hydrogen-bond acceptors (Lipinski definition) is 4. The fourth-order valence-electron chi connectivity index (χ4n) is 3.40. The van der Waals surface area contributed by atoms with Gasteiger partial charge in [0.2, 0.25) is 0 Å². The molecule has 5 aromatic rings. The molecule has 3 aromatic carbocycles.